The van der Waals surface area contributed by atoms with Gasteiger partial charge in [-0.3, -0.25) is 4.55 Å². The van der Waals surface area contributed by atoms with Crippen LogP contribution in [0.25, 0.3) is 0 Å². The predicted octanol–water partition coefficient (Wildman–Crippen LogP) is 1.98. The minimum atomic E-state index is -4.01. The van der Waals surface area contributed by atoms with Gasteiger partial charge in [0, 0.05) is 0 Å². The van der Waals surface area contributed by atoms with E-state index in [4.69, 9.17) is 4.55 Å². The smallest absolute Gasteiger partial charge is 0.267 e. The summed E-state index contributed by atoms with van der Waals surface area (Å²) in [5, 5.41) is 8.57. The molecule has 2 unspecified atom stereocenters. The molecule has 0 aromatic carbocycles. The fraction of sp³-hybridized carbons (Fsp3) is 1.00. The highest BCUT2D eigenvalue weighted by atomic mass is 32.2. The van der Waals surface area contributed by atoms with Gasteiger partial charge < -0.3 is 5.11 Å². The molecular formula is C10H22O4S. The Morgan fingerprint density at radius 3 is 2.20 bits per heavy atom. The molecule has 0 aromatic heterocycles. The summed E-state index contributed by atoms with van der Waals surface area (Å²) in [6, 6.07) is 0. The molecule has 0 saturated carbocycles. The quantitative estimate of drug-likeness (QED) is 0.501. The molecule has 0 rings (SSSR count). The van der Waals surface area contributed by atoms with E-state index in [2.05, 4.69) is 0 Å². The number of hydrogen-bond donors (Lipinski definition) is 2. The van der Waals surface area contributed by atoms with Gasteiger partial charge in [0.05, 0.1) is 11.4 Å². The summed E-state index contributed by atoms with van der Waals surface area (Å²) in [5.41, 5.74) is 0. The average molecular weight is 238 g/mol. The monoisotopic (exact) mass is 238 g/mol. The molecule has 0 aromatic rings. The van der Waals surface area contributed by atoms with Gasteiger partial charge in [-0.15, -0.1) is 0 Å². The van der Waals surface area contributed by atoms with Crippen LogP contribution in [-0.2, 0) is 10.1 Å². The minimum Gasteiger partial charge on any atom is -0.393 e. The molecular weight excluding hydrogens is 216 g/mol. The molecule has 4 nitrogen and oxygen atoms in total. The summed E-state index contributed by atoms with van der Waals surface area (Å²) in [6.07, 6.45) is 3.18. The van der Waals surface area contributed by atoms with E-state index in [9.17, 15) is 13.5 Å². The Kier molecular flexibility index (Phi) is 7.13. The third-order valence-corrected chi connectivity index (χ3v) is 3.83. The summed E-state index contributed by atoms with van der Waals surface area (Å²) in [6.45, 7) is 3.82. The summed E-state index contributed by atoms with van der Waals surface area (Å²) >= 11 is 0. The van der Waals surface area contributed by atoms with Crippen LogP contribution in [0, 0.1) is 0 Å². The second kappa shape index (κ2) is 7.19. The number of aliphatic hydroxyl groups excluding tert-OH is 1. The maximum absolute atomic E-state index is 11.0. The number of unbranched alkanes of at least 4 members (excludes halogenated alkanes) is 2. The van der Waals surface area contributed by atoms with E-state index < -0.39 is 21.5 Å². The molecule has 5 heteroatoms. The van der Waals surface area contributed by atoms with Crippen LogP contribution in [0.5, 0.6) is 0 Å². The number of rotatable bonds is 8. The van der Waals surface area contributed by atoms with Gasteiger partial charge >= 0.3 is 0 Å². The van der Waals surface area contributed by atoms with Crippen molar-refractivity contribution in [1.29, 1.82) is 0 Å². The maximum atomic E-state index is 11.0. The van der Waals surface area contributed by atoms with Gasteiger partial charge in [-0.05, 0) is 19.3 Å². The Bertz CT molecular complexity index is 248. The van der Waals surface area contributed by atoms with Gasteiger partial charge in [0.15, 0.2) is 0 Å². The van der Waals surface area contributed by atoms with Gasteiger partial charge in [-0.2, -0.15) is 8.42 Å². The van der Waals surface area contributed by atoms with E-state index in [1.54, 1.807) is 6.92 Å². The molecule has 0 radical (unpaired) electrons. The first kappa shape index (κ1) is 14.9. The van der Waals surface area contributed by atoms with E-state index in [0.29, 0.717) is 12.8 Å². The highest BCUT2D eigenvalue weighted by molar-refractivity contribution is 7.86. The van der Waals surface area contributed by atoms with Gasteiger partial charge in [-0.1, -0.05) is 33.1 Å². The lowest BCUT2D eigenvalue weighted by molar-refractivity contribution is 0.156. The average Bonchev–Trinajstić information content (AvgIpc) is 2.14. The van der Waals surface area contributed by atoms with Crippen molar-refractivity contribution in [3.05, 3.63) is 0 Å². The molecule has 0 fully saturated rings. The van der Waals surface area contributed by atoms with Crippen molar-refractivity contribution in [2.75, 3.05) is 0 Å². The normalized spacial score (nSPS) is 16.3. The van der Waals surface area contributed by atoms with Crippen molar-refractivity contribution in [3.63, 3.8) is 0 Å². The summed E-state index contributed by atoms with van der Waals surface area (Å²) in [5.74, 6) is 0. The molecule has 0 aliphatic heterocycles. The second-order valence-corrected chi connectivity index (χ2v) is 5.63. The van der Waals surface area contributed by atoms with E-state index in [1.165, 1.54) is 0 Å². The van der Waals surface area contributed by atoms with Gasteiger partial charge in [0.1, 0.15) is 0 Å². The van der Waals surface area contributed by atoms with Gasteiger partial charge in [0.2, 0.25) is 0 Å². The largest absolute Gasteiger partial charge is 0.393 e. The predicted molar refractivity (Wildman–Crippen MR) is 60.4 cm³/mol. The molecule has 0 spiro atoms. The molecule has 15 heavy (non-hydrogen) atoms. The number of hydrogen-bond acceptors (Lipinski definition) is 3. The summed E-state index contributed by atoms with van der Waals surface area (Å²) in [4.78, 5) is 0. The molecule has 92 valence electrons. The van der Waals surface area contributed by atoms with Crippen LogP contribution in [0.4, 0.5) is 0 Å². The van der Waals surface area contributed by atoms with Crippen molar-refractivity contribution in [2.45, 2.75) is 63.7 Å². The van der Waals surface area contributed by atoms with E-state index in [1.807, 2.05) is 6.92 Å². The lowest BCUT2D eigenvalue weighted by Crippen LogP contribution is -2.25. The SMILES string of the molecule is CCCCCC(CC(O)CC)S(=O)(=O)O. The van der Waals surface area contributed by atoms with Crippen LogP contribution in [0.3, 0.4) is 0 Å². The van der Waals surface area contributed by atoms with E-state index >= 15 is 0 Å². The Hall–Kier alpha value is -0.130. The molecule has 2 N–H and O–H groups in total. The van der Waals surface area contributed by atoms with E-state index in [-0.39, 0.29) is 6.42 Å². The summed E-state index contributed by atoms with van der Waals surface area (Å²) < 4.78 is 31.0. The first-order chi connectivity index (χ1) is 6.91. The van der Waals surface area contributed by atoms with Crippen molar-refractivity contribution in [1.82, 2.24) is 0 Å². The highest BCUT2D eigenvalue weighted by Gasteiger charge is 2.24. The molecule has 2 atom stereocenters. The van der Waals surface area contributed by atoms with Crippen LogP contribution >= 0.6 is 0 Å². The molecule has 0 amide bonds. The Morgan fingerprint density at radius 1 is 1.20 bits per heavy atom. The Balaban J connectivity index is 4.21. The van der Waals surface area contributed by atoms with Crippen LogP contribution < -0.4 is 0 Å². The Labute approximate surface area is 92.4 Å². The van der Waals surface area contributed by atoms with Gasteiger partial charge in [0.25, 0.3) is 10.1 Å². The lowest BCUT2D eigenvalue weighted by Gasteiger charge is -2.16. The molecule has 0 heterocycles. The fourth-order valence-corrected chi connectivity index (χ4v) is 2.41. The zero-order chi connectivity index (χ0) is 11.9. The zero-order valence-electron chi connectivity index (χ0n) is 9.52. The van der Waals surface area contributed by atoms with Gasteiger partial charge in [-0.25, -0.2) is 0 Å². The first-order valence-corrected chi connectivity index (χ1v) is 7.06. The van der Waals surface area contributed by atoms with E-state index in [0.717, 1.165) is 19.3 Å². The van der Waals surface area contributed by atoms with Crippen LogP contribution in [0.15, 0.2) is 0 Å². The van der Waals surface area contributed by atoms with Crippen molar-refractivity contribution in [3.8, 4) is 0 Å². The Morgan fingerprint density at radius 2 is 1.80 bits per heavy atom. The lowest BCUT2D eigenvalue weighted by atomic mass is 10.1. The van der Waals surface area contributed by atoms with Crippen LogP contribution in [0.2, 0.25) is 0 Å². The van der Waals surface area contributed by atoms with Crippen LogP contribution in [0.1, 0.15) is 52.4 Å². The third kappa shape index (κ3) is 6.87. The molecule has 0 aliphatic carbocycles. The topological polar surface area (TPSA) is 74.6 Å². The third-order valence-electron chi connectivity index (χ3n) is 2.56. The maximum Gasteiger partial charge on any atom is 0.267 e. The number of aliphatic hydroxyl groups is 1. The molecule has 0 aliphatic rings. The van der Waals surface area contributed by atoms with Crippen molar-refractivity contribution in [2.24, 2.45) is 0 Å². The summed E-state index contributed by atoms with van der Waals surface area (Å²) in [7, 11) is -4.01. The van der Waals surface area contributed by atoms with Crippen molar-refractivity contribution < 1.29 is 18.1 Å². The minimum absolute atomic E-state index is 0.138. The zero-order valence-corrected chi connectivity index (χ0v) is 10.3. The fourth-order valence-electron chi connectivity index (χ4n) is 1.48. The molecule has 0 bridgehead atoms. The molecule has 0 saturated heterocycles. The second-order valence-electron chi connectivity index (χ2n) is 3.93. The first-order valence-electron chi connectivity index (χ1n) is 5.56. The van der Waals surface area contributed by atoms with Crippen molar-refractivity contribution >= 4 is 10.1 Å². The van der Waals surface area contributed by atoms with Crippen LogP contribution in [-0.4, -0.2) is 29.4 Å². The highest BCUT2D eigenvalue weighted by Crippen LogP contribution is 2.17. The standard InChI is InChI=1S/C10H22O4S/c1-3-5-6-7-10(15(12,13)14)8-9(11)4-2/h9-11H,3-8H2,1-2H3,(H,12,13,14).